The van der Waals surface area contributed by atoms with Gasteiger partial charge in [0, 0.05) is 125 Å². The van der Waals surface area contributed by atoms with Crippen molar-refractivity contribution in [2.45, 2.75) is 100 Å². The van der Waals surface area contributed by atoms with Gasteiger partial charge in [0.2, 0.25) is 29.2 Å². The molecule has 6 aliphatic rings. The summed E-state index contributed by atoms with van der Waals surface area (Å²) in [6.07, 6.45) is 2.05. The van der Waals surface area contributed by atoms with Gasteiger partial charge in [-0.1, -0.05) is 30.3 Å². The highest BCUT2D eigenvalue weighted by molar-refractivity contribution is 7.92. The third kappa shape index (κ3) is 14.3. The van der Waals surface area contributed by atoms with Gasteiger partial charge in [0.25, 0.3) is 0 Å². The first kappa shape index (κ1) is 59.2. The van der Waals surface area contributed by atoms with Crippen LogP contribution in [0.15, 0.2) is 91.0 Å². The molecule has 4 N–H and O–H groups in total. The highest BCUT2D eigenvalue weighted by Crippen LogP contribution is 2.46. The monoisotopic (exact) mass is 1160 g/mol. The molecule has 1 aromatic heterocycles. The molecule has 1 aliphatic carbocycles. The lowest BCUT2D eigenvalue weighted by Crippen LogP contribution is -2.58. The van der Waals surface area contributed by atoms with Crippen LogP contribution in [0, 0.1) is 23.2 Å². The SMILES string of the molecule is CN1CCN(CC2CCN(c3ccc(C4CCC(=O)NC4=O)cc3)CC2)CC1.N#Cc1cccc2[nH]c(-c3ccccc3OC3(C(F)(F)F)CCN(C(=O)C4CC(=O)Nc5ccc(OCCNSOC6CCC(C=O)CC6)cc54)CC3)cc12. The van der Waals surface area contributed by atoms with E-state index in [2.05, 4.69) is 72.4 Å². The number of aldehydes is 1. The molecule has 21 heteroatoms. The molecule has 5 aromatic rings. The molecule has 5 fully saturated rings. The van der Waals surface area contributed by atoms with Gasteiger partial charge in [0.1, 0.15) is 24.4 Å². The number of amides is 4. The van der Waals surface area contributed by atoms with Gasteiger partial charge in [-0.15, -0.1) is 0 Å². The number of piperazine rings is 1. The predicted molar refractivity (Wildman–Crippen MR) is 311 cm³/mol. The first-order valence-corrected chi connectivity index (χ1v) is 29.7. The fourth-order valence-electron chi connectivity index (χ4n) is 12.3. The van der Waals surface area contributed by atoms with Gasteiger partial charge in [-0.25, -0.2) is 4.72 Å². The van der Waals surface area contributed by atoms with Crippen LogP contribution in [-0.2, 0) is 28.2 Å². The number of aromatic nitrogens is 1. The number of benzene rings is 4. The summed E-state index contributed by atoms with van der Waals surface area (Å²) in [5.41, 5.74) is 2.69. The van der Waals surface area contributed by atoms with Gasteiger partial charge in [0.15, 0.2) is 0 Å². The van der Waals surface area contributed by atoms with E-state index in [1.807, 2.05) is 0 Å². The zero-order valence-corrected chi connectivity index (χ0v) is 47.5. The number of ether oxygens (including phenoxy) is 2. The van der Waals surface area contributed by atoms with Gasteiger partial charge in [-0.2, -0.15) is 18.4 Å². The summed E-state index contributed by atoms with van der Waals surface area (Å²) in [5.74, 6) is -0.775. The number of likely N-dealkylation sites (tertiary alicyclic amines) is 1. The number of fused-ring (bicyclic) bond motifs is 2. The molecule has 4 amide bonds. The van der Waals surface area contributed by atoms with E-state index in [1.165, 1.54) is 62.2 Å². The van der Waals surface area contributed by atoms with Crippen LogP contribution in [0.3, 0.4) is 0 Å². The lowest BCUT2D eigenvalue weighted by Gasteiger charge is -2.43. The number of imide groups is 1. The standard InChI is InChI=1S/C40H40F3N5O6S.C22H32N4O2/c41-40(42,43)39(53-36-7-2-1-5-29(36)35-21-30-26(23-44)4-3-6-33(30)46-35)14-17-48(18-15-39)38(51)32-22-37(50)47-34-13-12-28(20-31(32)34)52-19-16-45-55-54-27-10-8-25(24-49)9-11-27;1-24-12-14-25(15-13-24)16-17-8-10-26(11-9-17)19-4-2-18(3-5-19)20-6-7-21(27)23-22(20)28/h1-7,12-13,20-21,24-25,27,32,45-46H,8-11,14-19,22H2,(H,47,50);2-5,17,20H,6-16H2,1H3,(H,23,27,28). The Morgan fingerprint density at radius 2 is 1.59 bits per heavy atom. The molecule has 11 rings (SSSR count). The Bertz CT molecular complexity index is 3140. The Morgan fingerprint density at radius 1 is 0.843 bits per heavy atom. The van der Waals surface area contributed by atoms with Crippen LogP contribution in [0.25, 0.3) is 22.2 Å². The lowest BCUT2D eigenvalue weighted by atomic mass is 9.86. The second-order valence-electron chi connectivity index (χ2n) is 22.8. The molecule has 4 aromatic carbocycles. The van der Waals surface area contributed by atoms with Crippen molar-refractivity contribution >= 4 is 64.4 Å². The number of alkyl halides is 3. The number of para-hydroxylation sites is 1. The number of likely N-dealkylation sites (N-methyl/N-ethyl adjacent to an activating group) is 1. The molecule has 0 radical (unpaired) electrons. The normalized spacial score (nSPS) is 22.6. The van der Waals surface area contributed by atoms with Crippen LogP contribution < -0.4 is 29.7 Å². The van der Waals surface area contributed by atoms with Crippen molar-refractivity contribution in [2.24, 2.45) is 11.8 Å². The van der Waals surface area contributed by atoms with E-state index in [0.717, 1.165) is 68.8 Å². The second-order valence-corrected chi connectivity index (χ2v) is 23.4. The van der Waals surface area contributed by atoms with Crippen molar-refractivity contribution in [1.29, 1.82) is 5.26 Å². The summed E-state index contributed by atoms with van der Waals surface area (Å²) in [6, 6.07) is 28.9. The van der Waals surface area contributed by atoms with Gasteiger partial charge in [-0.3, -0.25) is 28.7 Å². The van der Waals surface area contributed by atoms with Gasteiger partial charge in [-0.05, 0) is 130 Å². The van der Waals surface area contributed by atoms with Crippen LogP contribution in [0.2, 0.25) is 0 Å². The van der Waals surface area contributed by atoms with E-state index in [-0.39, 0.29) is 67.5 Å². The van der Waals surface area contributed by atoms with Crippen molar-refractivity contribution in [2.75, 3.05) is 89.3 Å². The van der Waals surface area contributed by atoms with E-state index in [9.17, 15) is 42.4 Å². The predicted octanol–water partition coefficient (Wildman–Crippen LogP) is 9.11. The number of rotatable bonds is 16. The highest BCUT2D eigenvalue weighted by atomic mass is 32.2. The number of H-pyrrole nitrogens is 1. The van der Waals surface area contributed by atoms with Crippen molar-refractivity contribution in [3.8, 4) is 28.8 Å². The summed E-state index contributed by atoms with van der Waals surface area (Å²) in [4.78, 5) is 73.1. The molecular weight excluding hydrogens is 1090 g/mol. The molecule has 0 spiro atoms. The van der Waals surface area contributed by atoms with Gasteiger partial charge < -0.3 is 44.2 Å². The number of anilines is 2. The second kappa shape index (κ2) is 26.7. The number of carbonyl (C=O) groups excluding carboxylic acids is 5. The Balaban J connectivity index is 0.000000229. The largest absolute Gasteiger partial charge is 0.492 e. The minimum Gasteiger partial charge on any atom is -0.492 e. The fraction of sp³-hybridized carbons (Fsp3) is 0.484. The number of hydrogen-bond acceptors (Lipinski definition) is 14. The minimum atomic E-state index is -4.76. The van der Waals surface area contributed by atoms with Crippen molar-refractivity contribution in [3.63, 3.8) is 0 Å². The number of aromatic amines is 1. The molecule has 6 heterocycles. The summed E-state index contributed by atoms with van der Waals surface area (Å²) in [6.45, 7) is 8.54. The third-order valence-corrected chi connectivity index (χ3v) is 18.0. The number of hydrogen-bond donors (Lipinski definition) is 4. The van der Waals surface area contributed by atoms with E-state index in [0.29, 0.717) is 64.1 Å². The zero-order valence-electron chi connectivity index (χ0n) is 46.7. The van der Waals surface area contributed by atoms with Crippen LogP contribution in [0.1, 0.15) is 99.2 Å². The number of nitriles is 1. The van der Waals surface area contributed by atoms with Gasteiger partial charge in [0.05, 0.1) is 47.5 Å². The number of nitrogens with one attached hydrogen (secondary N) is 4. The Kier molecular flexibility index (Phi) is 19.1. The molecule has 2 atom stereocenters. The fourth-order valence-corrected chi connectivity index (χ4v) is 12.8. The average molecular weight is 1160 g/mol. The van der Waals surface area contributed by atoms with Crippen LogP contribution >= 0.6 is 12.2 Å². The quantitative estimate of drug-likeness (QED) is 0.0240. The molecule has 5 aliphatic heterocycles. The molecule has 2 unspecified atom stereocenters. The van der Waals surface area contributed by atoms with E-state index in [4.69, 9.17) is 13.7 Å². The van der Waals surface area contributed by atoms with E-state index < -0.39 is 36.4 Å². The third-order valence-electron chi connectivity index (χ3n) is 17.3. The molecule has 4 saturated heterocycles. The minimum absolute atomic E-state index is 0.0226. The molecule has 0 bridgehead atoms. The number of nitrogens with zero attached hydrogens (tertiary/aromatic N) is 5. The first-order chi connectivity index (χ1) is 40.1. The van der Waals surface area contributed by atoms with E-state index >= 15 is 0 Å². The summed E-state index contributed by atoms with van der Waals surface area (Å²) < 4.78 is 65.7. The Morgan fingerprint density at radius 3 is 2.30 bits per heavy atom. The summed E-state index contributed by atoms with van der Waals surface area (Å²) >= 11 is 1.14. The van der Waals surface area contributed by atoms with Crippen molar-refractivity contribution < 1.29 is 50.8 Å². The first-order valence-electron chi connectivity index (χ1n) is 29.0. The maximum atomic E-state index is 15.0. The molecular formula is C62H72F3N9O8S. The topological polar surface area (TPSA) is 202 Å². The van der Waals surface area contributed by atoms with Crippen LogP contribution in [0.5, 0.6) is 11.5 Å². The molecule has 440 valence electrons. The summed E-state index contributed by atoms with van der Waals surface area (Å²) in [7, 11) is 2.21. The number of halogens is 3. The maximum absolute atomic E-state index is 15.0. The van der Waals surface area contributed by atoms with Crippen molar-refractivity contribution in [3.05, 3.63) is 108 Å². The summed E-state index contributed by atoms with van der Waals surface area (Å²) in [5, 5.41) is 15.4. The molecule has 1 saturated carbocycles. The van der Waals surface area contributed by atoms with E-state index in [1.54, 1.807) is 60.7 Å². The maximum Gasteiger partial charge on any atom is 0.428 e. The van der Waals surface area contributed by atoms with Crippen LogP contribution in [0.4, 0.5) is 24.5 Å². The Labute approximate surface area is 486 Å². The zero-order chi connectivity index (χ0) is 58.1. The number of carbonyl (C=O) groups is 5. The Hall–Kier alpha value is -6.96. The van der Waals surface area contributed by atoms with Gasteiger partial charge >= 0.3 is 6.18 Å². The highest BCUT2D eigenvalue weighted by Gasteiger charge is 2.59. The molecule has 83 heavy (non-hydrogen) atoms. The smallest absolute Gasteiger partial charge is 0.428 e. The van der Waals surface area contributed by atoms with Crippen molar-refractivity contribution in [1.82, 2.24) is 29.7 Å². The lowest BCUT2D eigenvalue weighted by molar-refractivity contribution is -0.260. The number of piperidine rings is 3. The average Bonchev–Trinajstić information content (AvgIpc) is 4.06. The van der Waals surface area contributed by atoms with Crippen LogP contribution in [-0.4, -0.2) is 147 Å². The molecule has 17 nitrogen and oxygen atoms in total.